The van der Waals surface area contributed by atoms with E-state index in [0.29, 0.717) is 6.42 Å². The first kappa shape index (κ1) is 28.3. The molecule has 0 radical (unpaired) electrons. The molecule has 6 heteroatoms. The van der Waals surface area contributed by atoms with E-state index >= 15 is 0 Å². The molecule has 35 heavy (non-hydrogen) atoms. The minimum atomic E-state index is -0.659. The molecule has 0 bridgehead atoms. The number of carbonyl (C=O) groups is 2. The van der Waals surface area contributed by atoms with Crippen LogP contribution in [0.5, 0.6) is 0 Å². The van der Waals surface area contributed by atoms with Gasteiger partial charge in [-0.2, -0.15) is 0 Å². The number of hydrogen-bond acceptors (Lipinski definition) is 6. The van der Waals surface area contributed by atoms with Crippen LogP contribution < -0.4 is 0 Å². The van der Waals surface area contributed by atoms with Gasteiger partial charge in [0.25, 0.3) is 0 Å². The Labute approximate surface area is 208 Å². The fraction of sp³-hybridized carbons (Fsp3) is 0.448. The fourth-order valence-corrected chi connectivity index (χ4v) is 3.71. The van der Waals surface area contributed by atoms with Crippen molar-refractivity contribution in [2.24, 2.45) is 5.92 Å². The molecule has 0 spiro atoms. The summed E-state index contributed by atoms with van der Waals surface area (Å²) in [5.74, 6) is -1.42. The lowest BCUT2D eigenvalue weighted by molar-refractivity contribution is -0.144. The first-order valence-corrected chi connectivity index (χ1v) is 12.2. The number of rotatable bonds is 16. The van der Waals surface area contributed by atoms with E-state index in [4.69, 9.17) is 19.3 Å². The van der Waals surface area contributed by atoms with E-state index in [0.717, 1.165) is 18.4 Å². The summed E-state index contributed by atoms with van der Waals surface area (Å²) in [6.45, 7) is 9.11. The normalized spacial score (nSPS) is 11.7. The Bertz CT molecular complexity index is 1010. The van der Waals surface area contributed by atoms with E-state index in [9.17, 15) is 9.59 Å². The van der Waals surface area contributed by atoms with Crippen molar-refractivity contribution in [2.45, 2.75) is 45.4 Å². The van der Waals surface area contributed by atoms with Crippen LogP contribution in [-0.4, -0.2) is 50.6 Å². The number of aryl methyl sites for hydroxylation is 2. The van der Waals surface area contributed by atoms with Crippen molar-refractivity contribution in [3.63, 3.8) is 0 Å². The van der Waals surface area contributed by atoms with Crippen LogP contribution in [0.25, 0.3) is 10.8 Å². The van der Waals surface area contributed by atoms with E-state index in [1.54, 1.807) is 0 Å². The standard InChI is InChI=1S/C29H38O6/c1-5-6-7-8-23-11-13-27-16-24(12-14-26(27)15-23)9-10-25(19-34-28(31)21(2)17-30)20-35-29(32)22(3)18-33-4/h11-16,25,30H,2-3,5-10,17-20H2,1,4H3. The zero-order chi connectivity index (χ0) is 25.6. The number of ether oxygens (including phenoxy) is 3. The van der Waals surface area contributed by atoms with Crippen LogP contribution in [-0.2, 0) is 36.6 Å². The summed E-state index contributed by atoms with van der Waals surface area (Å²) in [6, 6.07) is 13.1. The first-order valence-electron chi connectivity index (χ1n) is 12.2. The quantitative estimate of drug-likeness (QED) is 0.207. The Morgan fingerprint density at radius 2 is 1.46 bits per heavy atom. The number of benzene rings is 2. The van der Waals surface area contributed by atoms with Crippen molar-refractivity contribution in [2.75, 3.05) is 33.5 Å². The number of unbranched alkanes of at least 4 members (excludes halogenated alkanes) is 2. The number of aliphatic hydroxyl groups excluding tert-OH is 1. The Hall–Kier alpha value is -2.96. The monoisotopic (exact) mass is 482 g/mol. The molecule has 0 aliphatic rings. The summed E-state index contributed by atoms with van der Waals surface area (Å²) in [5.41, 5.74) is 2.72. The number of fused-ring (bicyclic) bond motifs is 1. The summed E-state index contributed by atoms with van der Waals surface area (Å²) >= 11 is 0. The van der Waals surface area contributed by atoms with Gasteiger partial charge in [-0.05, 0) is 47.6 Å². The fourth-order valence-electron chi connectivity index (χ4n) is 3.71. The van der Waals surface area contributed by atoms with E-state index in [2.05, 4.69) is 56.5 Å². The van der Waals surface area contributed by atoms with Crippen LogP contribution in [0.15, 0.2) is 60.7 Å². The number of aliphatic hydroxyl groups is 1. The van der Waals surface area contributed by atoms with Gasteiger partial charge in [0.2, 0.25) is 0 Å². The highest BCUT2D eigenvalue weighted by Crippen LogP contribution is 2.21. The van der Waals surface area contributed by atoms with E-state index in [-0.39, 0.29) is 36.9 Å². The van der Waals surface area contributed by atoms with Crippen molar-refractivity contribution in [3.8, 4) is 0 Å². The average molecular weight is 483 g/mol. The zero-order valence-corrected chi connectivity index (χ0v) is 21.0. The second kappa shape index (κ2) is 15.1. The predicted octanol–water partition coefficient (Wildman–Crippen LogP) is 4.96. The molecule has 1 unspecified atom stereocenters. The number of esters is 2. The molecular formula is C29H38O6. The van der Waals surface area contributed by atoms with Crippen molar-refractivity contribution >= 4 is 22.7 Å². The van der Waals surface area contributed by atoms with Gasteiger partial charge in [0.1, 0.15) is 0 Å². The highest BCUT2D eigenvalue weighted by atomic mass is 16.5. The molecule has 2 aromatic rings. The van der Waals surface area contributed by atoms with Crippen molar-refractivity contribution in [1.82, 2.24) is 0 Å². The van der Waals surface area contributed by atoms with Gasteiger partial charge in [-0.3, -0.25) is 0 Å². The predicted molar refractivity (Wildman–Crippen MR) is 138 cm³/mol. The molecule has 2 rings (SSSR count). The molecular weight excluding hydrogens is 444 g/mol. The maximum absolute atomic E-state index is 12.1. The van der Waals surface area contributed by atoms with Crippen LogP contribution in [0.2, 0.25) is 0 Å². The van der Waals surface area contributed by atoms with Gasteiger partial charge >= 0.3 is 11.9 Å². The molecule has 0 saturated carbocycles. The minimum absolute atomic E-state index is 0.0159. The molecule has 0 aliphatic carbocycles. The van der Waals surface area contributed by atoms with Crippen LogP contribution in [0.1, 0.15) is 43.7 Å². The Morgan fingerprint density at radius 1 is 0.886 bits per heavy atom. The molecule has 1 atom stereocenters. The number of carbonyl (C=O) groups excluding carboxylic acids is 2. The Morgan fingerprint density at radius 3 is 2.00 bits per heavy atom. The highest BCUT2D eigenvalue weighted by molar-refractivity contribution is 5.88. The second-order valence-electron chi connectivity index (χ2n) is 8.87. The summed E-state index contributed by atoms with van der Waals surface area (Å²) < 4.78 is 15.6. The molecule has 0 aliphatic heterocycles. The summed E-state index contributed by atoms with van der Waals surface area (Å²) in [7, 11) is 1.48. The lowest BCUT2D eigenvalue weighted by Crippen LogP contribution is -2.23. The summed E-state index contributed by atoms with van der Waals surface area (Å²) in [5, 5.41) is 11.5. The van der Waals surface area contributed by atoms with Gasteiger partial charge in [-0.15, -0.1) is 0 Å². The van der Waals surface area contributed by atoms with Gasteiger partial charge < -0.3 is 19.3 Å². The number of methoxy groups -OCH3 is 1. The molecule has 1 N–H and O–H groups in total. The maximum atomic E-state index is 12.1. The molecule has 0 saturated heterocycles. The third-order valence-corrected chi connectivity index (χ3v) is 5.87. The second-order valence-corrected chi connectivity index (χ2v) is 8.87. The third-order valence-electron chi connectivity index (χ3n) is 5.87. The smallest absolute Gasteiger partial charge is 0.335 e. The van der Waals surface area contributed by atoms with E-state index in [1.807, 2.05) is 0 Å². The molecule has 0 aromatic heterocycles. The third kappa shape index (κ3) is 9.67. The SMILES string of the molecule is C=C(CO)C(=O)OCC(CCc1ccc2cc(CCCCC)ccc2c1)COC(=O)C(=C)COC. The zero-order valence-electron chi connectivity index (χ0n) is 21.0. The molecule has 6 nitrogen and oxygen atoms in total. The van der Waals surface area contributed by atoms with Crippen LogP contribution in [0.3, 0.4) is 0 Å². The molecule has 190 valence electrons. The van der Waals surface area contributed by atoms with Crippen LogP contribution >= 0.6 is 0 Å². The maximum Gasteiger partial charge on any atom is 0.335 e. The largest absolute Gasteiger partial charge is 0.462 e. The topological polar surface area (TPSA) is 82.1 Å². The van der Waals surface area contributed by atoms with E-state index < -0.39 is 18.5 Å². The van der Waals surface area contributed by atoms with E-state index in [1.165, 1.54) is 42.7 Å². The first-order chi connectivity index (χ1) is 16.9. The molecule has 0 amide bonds. The lowest BCUT2D eigenvalue weighted by atomic mass is 9.97. The van der Waals surface area contributed by atoms with Crippen LogP contribution in [0, 0.1) is 5.92 Å². The van der Waals surface area contributed by atoms with Crippen molar-refractivity contribution < 1.29 is 28.9 Å². The summed E-state index contributed by atoms with van der Waals surface area (Å²) in [4.78, 5) is 24.0. The summed E-state index contributed by atoms with van der Waals surface area (Å²) in [6.07, 6.45) is 6.15. The van der Waals surface area contributed by atoms with Gasteiger partial charge in [-0.1, -0.05) is 69.3 Å². The molecule has 2 aromatic carbocycles. The Kier molecular flexibility index (Phi) is 12.2. The van der Waals surface area contributed by atoms with Gasteiger partial charge in [0, 0.05) is 13.0 Å². The molecule has 0 fully saturated rings. The lowest BCUT2D eigenvalue weighted by Gasteiger charge is -2.18. The van der Waals surface area contributed by atoms with Crippen molar-refractivity contribution in [3.05, 3.63) is 71.8 Å². The molecule has 0 heterocycles. The minimum Gasteiger partial charge on any atom is -0.462 e. The van der Waals surface area contributed by atoms with Gasteiger partial charge in [0.15, 0.2) is 0 Å². The van der Waals surface area contributed by atoms with Crippen molar-refractivity contribution in [1.29, 1.82) is 0 Å². The van der Waals surface area contributed by atoms with Gasteiger partial charge in [0.05, 0.1) is 37.6 Å². The average Bonchev–Trinajstić information content (AvgIpc) is 2.87. The Balaban J connectivity index is 2.01. The number of hydrogen-bond donors (Lipinski definition) is 1. The highest BCUT2D eigenvalue weighted by Gasteiger charge is 2.18. The van der Waals surface area contributed by atoms with Gasteiger partial charge in [-0.25, -0.2) is 9.59 Å². The van der Waals surface area contributed by atoms with Crippen LogP contribution in [0.4, 0.5) is 0 Å².